The molecule has 144 valence electrons. The van der Waals surface area contributed by atoms with Crippen molar-refractivity contribution in [1.82, 2.24) is 25.4 Å². The Morgan fingerprint density at radius 2 is 2.12 bits per heavy atom. The van der Waals surface area contributed by atoms with Gasteiger partial charge in [0.2, 0.25) is 0 Å². The van der Waals surface area contributed by atoms with Gasteiger partial charge >= 0.3 is 0 Å². The fraction of sp³-hybridized carbons (Fsp3) is 0.824. The molecular weight excluding hydrogens is 431 g/mol. The predicted octanol–water partition coefficient (Wildman–Crippen LogP) is 2.63. The zero-order valence-corrected chi connectivity index (χ0v) is 18.4. The van der Waals surface area contributed by atoms with Gasteiger partial charge in [-0.1, -0.05) is 20.8 Å². The SMILES string of the molecule is CCNC(=NCC(OC)C(C)(C)C)N1CCC(c2ncn[nH]2)CC1.I. The number of halogens is 1. The second-order valence-corrected chi connectivity index (χ2v) is 7.42. The molecule has 0 saturated carbocycles. The summed E-state index contributed by atoms with van der Waals surface area (Å²) in [6.07, 6.45) is 3.82. The van der Waals surface area contributed by atoms with Crippen LogP contribution in [0.1, 0.15) is 52.3 Å². The van der Waals surface area contributed by atoms with E-state index in [2.05, 4.69) is 53.1 Å². The van der Waals surface area contributed by atoms with Crippen molar-refractivity contribution in [3.63, 3.8) is 0 Å². The molecule has 0 aromatic carbocycles. The van der Waals surface area contributed by atoms with E-state index in [1.54, 1.807) is 13.4 Å². The van der Waals surface area contributed by atoms with Crippen molar-refractivity contribution in [3.8, 4) is 0 Å². The summed E-state index contributed by atoms with van der Waals surface area (Å²) in [6, 6.07) is 0. The van der Waals surface area contributed by atoms with Crippen molar-refractivity contribution in [3.05, 3.63) is 12.2 Å². The minimum Gasteiger partial charge on any atom is -0.379 e. The van der Waals surface area contributed by atoms with Gasteiger partial charge in [0.15, 0.2) is 5.96 Å². The molecule has 1 fully saturated rings. The molecule has 0 aliphatic carbocycles. The van der Waals surface area contributed by atoms with Gasteiger partial charge in [-0.15, -0.1) is 24.0 Å². The monoisotopic (exact) mass is 464 g/mol. The minimum absolute atomic E-state index is 0. The van der Waals surface area contributed by atoms with Gasteiger partial charge in [-0.25, -0.2) is 4.98 Å². The van der Waals surface area contributed by atoms with E-state index < -0.39 is 0 Å². The summed E-state index contributed by atoms with van der Waals surface area (Å²) in [4.78, 5) is 11.5. The zero-order chi connectivity index (χ0) is 17.6. The van der Waals surface area contributed by atoms with E-state index in [-0.39, 0.29) is 35.5 Å². The van der Waals surface area contributed by atoms with E-state index in [1.807, 2.05) is 0 Å². The van der Waals surface area contributed by atoms with Gasteiger partial charge in [0, 0.05) is 32.7 Å². The van der Waals surface area contributed by atoms with Crippen molar-refractivity contribution < 1.29 is 4.74 Å². The van der Waals surface area contributed by atoms with Gasteiger partial charge in [0.1, 0.15) is 12.2 Å². The maximum atomic E-state index is 5.62. The molecule has 25 heavy (non-hydrogen) atoms. The lowest BCUT2D eigenvalue weighted by atomic mass is 9.89. The number of hydrogen-bond donors (Lipinski definition) is 2. The molecule has 8 heteroatoms. The van der Waals surface area contributed by atoms with Crippen LogP contribution in [0.25, 0.3) is 0 Å². The molecule has 2 rings (SSSR count). The van der Waals surface area contributed by atoms with E-state index in [0.717, 1.165) is 44.3 Å². The van der Waals surface area contributed by atoms with Crippen LogP contribution in [0.3, 0.4) is 0 Å². The second kappa shape index (κ2) is 10.3. The lowest BCUT2D eigenvalue weighted by Gasteiger charge is -2.34. The van der Waals surface area contributed by atoms with Crippen LogP contribution >= 0.6 is 24.0 Å². The smallest absolute Gasteiger partial charge is 0.194 e. The predicted molar refractivity (Wildman–Crippen MR) is 112 cm³/mol. The number of likely N-dealkylation sites (tertiary alicyclic amines) is 1. The van der Waals surface area contributed by atoms with Crippen molar-refractivity contribution >= 4 is 29.9 Å². The molecule has 0 amide bonds. The van der Waals surface area contributed by atoms with E-state index >= 15 is 0 Å². The number of H-pyrrole nitrogens is 1. The molecule has 0 bridgehead atoms. The lowest BCUT2D eigenvalue weighted by Crippen LogP contribution is -2.46. The number of nitrogens with one attached hydrogen (secondary N) is 2. The summed E-state index contributed by atoms with van der Waals surface area (Å²) < 4.78 is 5.62. The van der Waals surface area contributed by atoms with Crippen LogP contribution < -0.4 is 5.32 Å². The van der Waals surface area contributed by atoms with E-state index in [1.165, 1.54) is 0 Å². The second-order valence-electron chi connectivity index (χ2n) is 7.42. The molecule has 0 radical (unpaired) electrons. The van der Waals surface area contributed by atoms with E-state index in [0.29, 0.717) is 12.5 Å². The molecule has 1 saturated heterocycles. The Labute approximate surface area is 168 Å². The van der Waals surface area contributed by atoms with Gasteiger partial charge in [0.25, 0.3) is 0 Å². The quantitative estimate of drug-likeness (QED) is 0.398. The molecule has 1 aliphatic rings. The largest absolute Gasteiger partial charge is 0.379 e. The van der Waals surface area contributed by atoms with Crippen LogP contribution in [0, 0.1) is 5.41 Å². The maximum absolute atomic E-state index is 5.62. The number of guanidine groups is 1. The molecule has 1 atom stereocenters. The minimum atomic E-state index is 0. The van der Waals surface area contributed by atoms with Crippen molar-refractivity contribution in [2.45, 2.75) is 52.6 Å². The van der Waals surface area contributed by atoms with E-state index in [4.69, 9.17) is 9.73 Å². The average Bonchev–Trinajstić information content (AvgIpc) is 3.08. The first-order valence-corrected chi connectivity index (χ1v) is 8.87. The molecule has 1 unspecified atom stereocenters. The number of nitrogens with zero attached hydrogens (tertiary/aromatic N) is 4. The van der Waals surface area contributed by atoms with E-state index in [9.17, 15) is 0 Å². The number of methoxy groups -OCH3 is 1. The van der Waals surface area contributed by atoms with Crippen LogP contribution in [-0.4, -0.2) is 65.4 Å². The molecule has 7 nitrogen and oxygen atoms in total. The number of aliphatic imine (C=N–C) groups is 1. The fourth-order valence-electron chi connectivity index (χ4n) is 3.07. The Bertz CT molecular complexity index is 506. The van der Waals surface area contributed by atoms with Gasteiger partial charge in [-0.3, -0.25) is 10.1 Å². The molecule has 2 heterocycles. The number of ether oxygens (including phenoxy) is 1. The highest BCUT2D eigenvalue weighted by Gasteiger charge is 2.26. The Morgan fingerprint density at radius 1 is 1.44 bits per heavy atom. The first-order chi connectivity index (χ1) is 11.5. The first kappa shape index (κ1) is 22.1. The maximum Gasteiger partial charge on any atom is 0.194 e. The van der Waals surface area contributed by atoms with Gasteiger partial charge in [0.05, 0.1) is 12.6 Å². The third-order valence-electron chi connectivity index (χ3n) is 4.61. The van der Waals surface area contributed by atoms with Crippen molar-refractivity contribution in [2.75, 3.05) is 33.3 Å². The molecule has 1 aliphatic heterocycles. The summed E-state index contributed by atoms with van der Waals surface area (Å²) in [5, 5.41) is 10.4. The van der Waals surface area contributed by atoms with Crippen molar-refractivity contribution in [1.29, 1.82) is 0 Å². The molecule has 1 aromatic heterocycles. The molecular formula is C17H33IN6O. The first-order valence-electron chi connectivity index (χ1n) is 8.87. The van der Waals surface area contributed by atoms with Crippen LogP contribution in [-0.2, 0) is 4.74 Å². The number of aromatic amines is 1. The number of piperidine rings is 1. The van der Waals surface area contributed by atoms with Gasteiger partial charge in [-0.05, 0) is 25.2 Å². The topological polar surface area (TPSA) is 78.4 Å². The summed E-state index contributed by atoms with van der Waals surface area (Å²) in [5.41, 5.74) is 0.0782. The number of rotatable bonds is 5. The number of aromatic nitrogens is 3. The molecule has 1 aromatic rings. The highest BCUT2D eigenvalue weighted by Crippen LogP contribution is 2.25. The Hall–Kier alpha value is -0.900. The third-order valence-corrected chi connectivity index (χ3v) is 4.61. The van der Waals surface area contributed by atoms with Crippen LogP contribution in [0.15, 0.2) is 11.3 Å². The Balaban J connectivity index is 0.00000312. The van der Waals surface area contributed by atoms with Crippen molar-refractivity contribution in [2.24, 2.45) is 10.4 Å². The summed E-state index contributed by atoms with van der Waals surface area (Å²) in [5.74, 6) is 2.46. The number of hydrogen-bond acceptors (Lipinski definition) is 4. The normalized spacial score (nSPS) is 18.0. The lowest BCUT2D eigenvalue weighted by molar-refractivity contribution is 0.0239. The molecule has 2 N–H and O–H groups in total. The summed E-state index contributed by atoms with van der Waals surface area (Å²) in [7, 11) is 1.77. The Kier molecular flexibility index (Phi) is 9.12. The standard InChI is InChI=1S/C17H32N6O.HI/c1-6-18-16(19-11-14(24-5)17(2,3)4)23-9-7-13(8-10-23)15-20-12-21-22-15;/h12-14H,6-11H2,1-5H3,(H,18,19)(H,20,21,22);1H. The zero-order valence-electron chi connectivity index (χ0n) is 16.1. The fourth-order valence-corrected chi connectivity index (χ4v) is 3.07. The summed E-state index contributed by atoms with van der Waals surface area (Å²) in [6.45, 7) is 12.2. The van der Waals surface area contributed by atoms with Crippen LogP contribution in [0.4, 0.5) is 0 Å². The van der Waals surface area contributed by atoms with Crippen LogP contribution in [0.2, 0.25) is 0 Å². The average molecular weight is 464 g/mol. The van der Waals surface area contributed by atoms with Crippen LogP contribution in [0.5, 0.6) is 0 Å². The Morgan fingerprint density at radius 3 is 2.60 bits per heavy atom. The third kappa shape index (κ3) is 6.40. The van der Waals surface area contributed by atoms with Gasteiger partial charge in [-0.2, -0.15) is 5.10 Å². The molecule has 0 spiro atoms. The van der Waals surface area contributed by atoms with Gasteiger partial charge < -0.3 is 15.0 Å². The summed E-state index contributed by atoms with van der Waals surface area (Å²) >= 11 is 0. The highest BCUT2D eigenvalue weighted by atomic mass is 127. The highest BCUT2D eigenvalue weighted by molar-refractivity contribution is 14.0.